The molecular formula is C17H15N3O. The van der Waals surface area contributed by atoms with Crippen LogP contribution in [0, 0.1) is 0 Å². The second-order valence-electron chi connectivity index (χ2n) is 4.47. The first-order chi connectivity index (χ1) is 10.4. The molecule has 1 heterocycles. The first-order valence-electron chi connectivity index (χ1n) is 6.72. The lowest BCUT2D eigenvalue weighted by molar-refractivity contribution is 0.477. The molecule has 0 unspecified atom stereocenters. The zero-order valence-electron chi connectivity index (χ0n) is 11.4. The Morgan fingerprint density at radius 2 is 1.71 bits per heavy atom. The first-order valence-corrected chi connectivity index (χ1v) is 6.72. The third-order valence-corrected chi connectivity index (χ3v) is 2.97. The summed E-state index contributed by atoms with van der Waals surface area (Å²) in [6.07, 6.45) is 5.01. The van der Waals surface area contributed by atoms with Crippen molar-refractivity contribution < 1.29 is 4.74 Å². The summed E-state index contributed by atoms with van der Waals surface area (Å²) < 4.78 is 5.92. The van der Waals surface area contributed by atoms with Crippen LogP contribution in [0.2, 0.25) is 0 Å². The summed E-state index contributed by atoms with van der Waals surface area (Å²) in [5, 5.41) is 3.23. The van der Waals surface area contributed by atoms with Crippen LogP contribution in [0.1, 0.15) is 5.56 Å². The number of para-hydroxylation sites is 2. The molecule has 0 amide bonds. The molecule has 0 saturated heterocycles. The molecule has 104 valence electrons. The number of aromatic nitrogens is 2. The molecule has 0 fully saturated rings. The minimum absolute atomic E-state index is 0.627. The number of benzene rings is 2. The zero-order chi connectivity index (χ0) is 14.3. The Hall–Kier alpha value is -2.88. The number of rotatable bonds is 5. The van der Waals surface area contributed by atoms with Gasteiger partial charge >= 0.3 is 0 Å². The quantitative estimate of drug-likeness (QED) is 0.768. The summed E-state index contributed by atoms with van der Waals surface area (Å²) in [4.78, 5) is 8.22. The lowest BCUT2D eigenvalue weighted by Crippen LogP contribution is -2.03. The van der Waals surface area contributed by atoms with E-state index in [1.54, 1.807) is 18.6 Å². The van der Waals surface area contributed by atoms with Crippen LogP contribution in [0.5, 0.6) is 11.5 Å². The van der Waals surface area contributed by atoms with Gasteiger partial charge in [0.05, 0.1) is 6.20 Å². The van der Waals surface area contributed by atoms with E-state index < -0.39 is 0 Å². The number of ether oxygens (including phenoxy) is 1. The Morgan fingerprint density at radius 1 is 0.905 bits per heavy atom. The van der Waals surface area contributed by atoms with Gasteiger partial charge in [-0.25, -0.2) is 4.98 Å². The van der Waals surface area contributed by atoms with E-state index in [1.165, 1.54) is 0 Å². The molecule has 0 aliphatic heterocycles. The first kappa shape index (κ1) is 13.1. The summed E-state index contributed by atoms with van der Waals surface area (Å²) in [6, 6.07) is 17.7. The molecule has 0 atom stereocenters. The largest absolute Gasteiger partial charge is 0.457 e. The van der Waals surface area contributed by atoms with Gasteiger partial charge in [0.25, 0.3) is 0 Å². The summed E-state index contributed by atoms with van der Waals surface area (Å²) >= 11 is 0. The maximum absolute atomic E-state index is 5.92. The van der Waals surface area contributed by atoms with Gasteiger partial charge in [0.15, 0.2) is 0 Å². The summed E-state index contributed by atoms with van der Waals surface area (Å²) in [6.45, 7) is 0.627. The normalized spacial score (nSPS) is 10.1. The Kier molecular flexibility index (Phi) is 4.07. The molecule has 3 rings (SSSR count). The number of hydrogen-bond acceptors (Lipinski definition) is 4. The van der Waals surface area contributed by atoms with Gasteiger partial charge in [-0.2, -0.15) is 0 Å². The molecule has 21 heavy (non-hydrogen) atoms. The molecule has 0 radical (unpaired) electrons. The van der Waals surface area contributed by atoms with Gasteiger partial charge < -0.3 is 10.1 Å². The SMILES string of the molecule is c1ccc(Oc2ccccc2CNc2cnccn2)cc1. The molecule has 1 N–H and O–H groups in total. The molecule has 4 heteroatoms. The van der Waals surface area contributed by atoms with Gasteiger partial charge in [0.2, 0.25) is 0 Å². The van der Waals surface area contributed by atoms with E-state index >= 15 is 0 Å². The molecule has 0 spiro atoms. The lowest BCUT2D eigenvalue weighted by Gasteiger charge is -2.12. The highest BCUT2D eigenvalue weighted by atomic mass is 16.5. The monoisotopic (exact) mass is 277 g/mol. The van der Waals surface area contributed by atoms with E-state index in [1.807, 2.05) is 54.6 Å². The minimum Gasteiger partial charge on any atom is -0.457 e. The smallest absolute Gasteiger partial charge is 0.144 e. The van der Waals surface area contributed by atoms with E-state index in [2.05, 4.69) is 15.3 Å². The average Bonchev–Trinajstić information content (AvgIpc) is 2.56. The Balaban J connectivity index is 1.73. The third kappa shape index (κ3) is 3.57. The van der Waals surface area contributed by atoms with Crippen molar-refractivity contribution in [2.75, 3.05) is 5.32 Å². The number of anilines is 1. The van der Waals surface area contributed by atoms with Crippen LogP contribution in [-0.2, 0) is 6.54 Å². The molecule has 2 aromatic carbocycles. The summed E-state index contributed by atoms with van der Waals surface area (Å²) in [5.74, 6) is 2.40. The van der Waals surface area contributed by atoms with Crippen molar-refractivity contribution in [2.24, 2.45) is 0 Å². The van der Waals surface area contributed by atoms with Crippen molar-refractivity contribution in [3.63, 3.8) is 0 Å². The molecule has 0 bridgehead atoms. The Morgan fingerprint density at radius 3 is 2.52 bits per heavy atom. The standard InChI is InChI=1S/C17H15N3O/c1-2-7-15(8-3-1)21-16-9-5-4-6-14(16)12-20-17-13-18-10-11-19-17/h1-11,13H,12H2,(H,19,20). The van der Waals surface area contributed by atoms with Gasteiger partial charge in [-0.1, -0.05) is 36.4 Å². The van der Waals surface area contributed by atoms with Crippen LogP contribution in [0.4, 0.5) is 5.82 Å². The van der Waals surface area contributed by atoms with Gasteiger partial charge in [-0.05, 0) is 18.2 Å². The molecule has 3 aromatic rings. The molecule has 0 aliphatic rings. The minimum atomic E-state index is 0.627. The van der Waals surface area contributed by atoms with Crippen LogP contribution < -0.4 is 10.1 Å². The van der Waals surface area contributed by atoms with Crippen LogP contribution in [0.3, 0.4) is 0 Å². The van der Waals surface area contributed by atoms with Crippen molar-refractivity contribution in [3.8, 4) is 11.5 Å². The van der Waals surface area contributed by atoms with E-state index in [9.17, 15) is 0 Å². The summed E-state index contributed by atoms with van der Waals surface area (Å²) in [5.41, 5.74) is 1.06. The third-order valence-electron chi connectivity index (χ3n) is 2.97. The summed E-state index contributed by atoms with van der Waals surface area (Å²) in [7, 11) is 0. The van der Waals surface area contributed by atoms with Crippen molar-refractivity contribution in [1.82, 2.24) is 9.97 Å². The van der Waals surface area contributed by atoms with Crippen molar-refractivity contribution in [3.05, 3.63) is 78.8 Å². The van der Waals surface area contributed by atoms with Gasteiger partial charge in [-0.15, -0.1) is 0 Å². The van der Waals surface area contributed by atoms with Gasteiger partial charge in [0, 0.05) is 24.5 Å². The molecular weight excluding hydrogens is 262 g/mol. The van der Waals surface area contributed by atoms with Gasteiger partial charge in [-0.3, -0.25) is 4.98 Å². The van der Waals surface area contributed by atoms with Crippen molar-refractivity contribution >= 4 is 5.82 Å². The highest BCUT2D eigenvalue weighted by molar-refractivity contribution is 5.41. The fourth-order valence-electron chi connectivity index (χ4n) is 1.94. The predicted octanol–water partition coefficient (Wildman–Crippen LogP) is 3.88. The van der Waals surface area contributed by atoms with Gasteiger partial charge in [0.1, 0.15) is 17.3 Å². The second kappa shape index (κ2) is 6.52. The van der Waals surface area contributed by atoms with E-state index in [4.69, 9.17) is 4.74 Å². The molecule has 0 saturated carbocycles. The van der Waals surface area contributed by atoms with Crippen LogP contribution >= 0.6 is 0 Å². The fraction of sp³-hybridized carbons (Fsp3) is 0.0588. The highest BCUT2D eigenvalue weighted by Gasteiger charge is 2.04. The Labute approximate surface area is 123 Å². The number of nitrogens with one attached hydrogen (secondary N) is 1. The van der Waals surface area contributed by atoms with Crippen LogP contribution in [0.15, 0.2) is 73.2 Å². The Bertz CT molecular complexity index is 687. The molecule has 1 aromatic heterocycles. The fourth-order valence-corrected chi connectivity index (χ4v) is 1.94. The van der Waals surface area contributed by atoms with Crippen LogP contribution in [0.25, 0.3) is 0 Å². The topological polar surface area (TPSA) is 47.0 Å². The molecule has 4 nitrogen and oxygen atoms in total. The maximum Gasteiger partial charge on any atom is 0.144 e. The maximum atomic E-state index is 5.92. The molecule has 0 aliphatic carbocycles. The van der Waals surface area contributed by atoms with Crippen molar-refractivity contribution in [2.45, 2.75) is 6.54 Å². The van der Waals surface area contributed by atoms with E-state index in [0.717, 1.165) is 22.9 Å². The van der Waals surface area contributed by atoms with E-state index in [-0.39, 0.29) is 0 Å². The van der Waals surface area contributed by atoms with E-state index in [0.29, 0.717) is 6.54 Å². The lowest BCUT2D eigenvalue weighted by atomic mass is 10.2. The second-order valence-corrected chi connectivity index (χ2v) is 4.47. The number of hydrogen-bond donors (Lipinski definition) is 1. The number of nitrogens with zero attached hydrogens (tertiary/aromatic N) is 2. The predicted molar refractivity (Wildman–Crippen MR) is 82.3 cm³/mol. The van der Waals surface area contributed by atoms with Crippen molar-refractivity contribution in [1.29, 1.82) is 0 Å². The average molecular weight is 277 g/mol. The van der Waals surface area contributed by atoms with Crippen LogP contribution in [-0.4, -0.2) is 9.97 Å². The highest BCUT2D eigenvalue weighted by Crippen LogP contribution is 2.25. The zero-order valence-corrected chi connectivity index (χ0v) is 11.4.